The molecule has 2 aromatic carbocycles. The highest BCUT2D eigenvalue weighted by molar-refractivity contribution is 9.00. The van der Waals surface area contributed by atoms with Crippen molar-refractivity contribution in [1.82, 2.24) is 5.09 Å². The summed E-state index contributed by atoms with van der Waals surface area (Å²) in [6.07, 6.45) is -0.429. The Kier molecular flexibility index (Phi) is 9.25. The summed E-state index contributed by atoms with van der Waals surface area (Å²) in [5.74, 6) is -11.1. The van der Waals surface area contributed by atoms with Crippen molar-refractivity contribution in [1.29, 1.82) is 0 Å². The quantitative estimate of drug-likeness (QED) is 0.128. The lowest BCUT2D eigenvalue weighted by molar-refractivity contribution is -0.148. The number of rotatable bonds is 8. The first kappa shape index (κ1) is 26.4. The average molecular weight is 536 g/mol. The number of carbonyl (C=O) groups excluding carboxylic acids is 1. The molecule has 0 saturated carbocycles. The normalized spacial score (nSPS) is 14.4. The van der Waals surface area contributed by atoms with Gasteiger partial charge in [-0.3, -0.25) is 9.88 Å². The smallest absolute Gasteiger partial charge is 0.323 e. The van der Waals surface area contributed by atoms with Gasteiger partial charge in [0.2, 0.25) is 5.82 Å². The van der Waals surface area contributed by atoms with Gasteiger partial charge in [-0.1, -0.05) is 46.2 Å². The Morgan fingerprint density at radius 1 is 0.968 bits per heavy atom. The molecule has 0 aliphatic carbocycles. The molecule has 3 nitrogen and oxygen atoms in total. The fourth-order valence-corrected chi connectivity index (χ4v) is 11.6. The van der Waals surface area contributed by atoms with Crippen molar-refractivity contribution >= 4 is 56.7 Å². The maximum Gasteiger partial charge on any atom is 0.323 e. The van der Waals surface area contributed by atoms with E-state index in [2.05, 4.69) is 5.09 Å². The van der Waals surface area contributed by atoms with Crippen LogP contribution in [0.2, 0.25) is 5.02 Å². The van der Waals surface area contributed by atoms with Crippen molar-refractivity contribution in [2.45, 2.75) is 42.7 Å². The van der Waals surface area contributed by atoms with Gasteiger partial charge in [-0.05, 0) is 45.0 Å². The van der Waals surface area contributed by atoms with Gasteiger partial charge in [0.15, 0.2) is 23.3 Å². The number of esters is 1. The largest absolute Gasteiger partial charge is 0.462 e. The second kappa shape index (κ2) is 10.9. The first-order chi connectivity index (χ1) is 14.3. The number of hydrogen-bond donors (Lipinski definition) is 1. The molecule has 0 aliphatic rings. The molecule has 13 heteroatoms. The fraction of sp³-hybridized carbons (Fsp3) is 0.278. The van der Waals surface area contributed by atoms with Crippen molar-refractivity contribution < 1.29 is 31.5 Å². The highest BCUT2D eigenvalue weighted by Gasteiger charge is 2.33. The van der Waals surface area contributed by atoms with Crippen LogP contribution in [0.25, 0.3) is 0 Å². The standard InChI is InChI=1S/C18H16ClF5NO2PS3/c1-8(2)27-18(26)9(3)25-28(29,30-11-6-4-10(19)5-7-11)31-17-15(23)13(21)12(20)14(22)16(17)24/h4-9H,1-3H3,(H,25,29)/t9-,28?/m0/s1. The first-order valence-electron chi connectivity index (χ1n) is 8.59. The summed E-state index contributed by atoms with van der Waals surface area (Å²) in [6, 6.07) is 5.23. The highest BCUT2D eigenvalue weighted by Crippen LogP contribution is 2.71. The van der Waals surface area contributed by atoms with Crippen molar-refractivity contribution in [2.75, 3.05) is 0 Å². The number of ether oxygens (including phenoxy) is 1. The molecule has 0 aliphatic heterocycles. The molecule has 1 unspecified atom stereocenters. The van der Waals surface area contributed by atoms with E-state index in [4.69, 9.17) is 28.1 Å². The first-order valence-corrected chi connectivity index (χ1v) is 14.6. The predicted octanol–water partition coefficient (Wildman–Crippen LogP) is 7.07. The number of benzene rings is 2. The van der Waals surface area contributed by atoms with Crippen LogP contribution in [0.1, 0.15) is 20.8 Å². The minimum atomic E-state index is -3.30. The Hall–Kier alpha value is -0.840. The molecule has 1 N–H and O–H groups in total. The third-order valence-electron chi connectivity index (χ3n) is 3.48. The van der Waals surface area contributed by atoms with Crippen LogP contribution in [0, 0.1) is 29.1 Å². The molecule has 0 fully saturated rings. The molecular formula is C18H16ClF5NO2PS3. The second-order valence-electron chi connectivity index (χ2n) is 6.37. The van der Waals surface area contributed by atoms with Gasteiger partial charge < -0.3 is 4.74 Å². The van der Waals surface area contributed by atoms with E-state index in [0.717, 1.165) is 11.4 Å². The monoisotopic (exact) mass is 535 g/mol. The molecule has 0 heterocycles. The zero-order chi connectivity index (χ0) is 23.5. The maximum atomic E-state index is 14.3. The topological polar surface area (TPSA) is 38.3 Å². The molecule has 0 radical (unpaired) electrons. The van der Waals surface area contributed by atoms with Crippen molar-refractivity contribution in [3.63, 3.8) is 0 Å². The molecule has 0 amide bonds. The van der Waals surface area contributed by atoms with Crippen LogP contribution in [0.4, 0.5) is 22.0 Å². The van der Waals surface area contributed by atoms with Gasteiger partial charge in [0, 0.05) is 9.92 Å². The molecule has 170 valence electrons. The van der Waals surface area contributed by atoms with E-state index in [9.17, 15) is 26.7 Å². The van der Waals surface area contributed by atoms with Crippen LogP contribution in [-0.2, 0) is 21.3 Å². The number of carbonyl (C=O) groups is 1. The summed E-state index contributed by atoms with van der Waals surface area (Å²) in [5, 5.41) is 3.21. The van der Waals surface area contributed by atoms with E-state index in [-0.39, 0.29) is 11.4 Å². The van der Waals surface area contributed by atoms with Crippen LogP contribution >= 0.6 is 39.0 Å². The van der Waals surface area contributed by atoms with Crippen molar-refractivity contribution in [3.8, 4) is 0 Å². The van der Waals surface area contributed by atoms with Crippen LogP contribution < -0.4 is 5.09 Å². The van der Waals surface area contributed by atoms with E-state index in [1.807, 2.05) is 0 Å². The minimum absolute atomic E-state index is 0.285. The average Bonchev–Trinajstić information content (AvgIpc) is 2.69. The molecule has 0 bridgehead atoms. The Morgan fingerprint density at radius 3 is 1.94 bits per heavy atom. The summed E-state index contributed by atoms with van der Waals surface area (Å²) in [5.41, 5.74) is 0. The summed E-state index contributed by atoms with van der Waals surface area (Å²) < 4.78 is 71.1. The van der Waals surface area contributed by atoms with E-state index >= 15 is 0 Å². The van der Waals surface area contributed by atoms with Crippen LogP contribution in [0.3, 0.4) is 0 Å². The Labute approximate surface area is 194 Å². The van der Waals surface area contributed by atoms with E-state index in [0.29, 0.717) is 9.92 Å². The SMILES string of the molecule is CC(C)OC(=O)[C@H](C)NP(=S)(Sc1ccc(Cl)cc1)Sc1c(F)c(F)c(F)c(F)c1F. The van der Waals surface area contributed by atoms with E-state index < -0.39 is 56.7 Å². The summed E-state index contributed by atoms with van der Waals surface area (Å²) in [7, 11) is 0. The lowest BCUT2D eigenvalue weighted by Crippen LogP contribution is -2.33. The van der Waals surface area contributed by atoms with Crippen LogP contribution in [0.15, 0.2) is 34.1 Å². The second-order valence-corrected chi connectivity index (χ2v) is 17.4. The fourth-order valence-electron chi connectivity index (χ4n) is 2.11. The molecule has 2 rings (SSSR count). The molecule has 0 aromatic heterocycles. The number of hydrogen-bond acceptors (Lipinski definition) is 5. The van der Waals surface area contributed by atoms with Gasteiger partial charge in [-0.2, -0.15) is 0 Å². The summed E-state index contributed by atoms with van der Waals surface area (Å²) in [6.45, 7) is 4.69. The van der Waals surface area contributed by atoms with Gasteiger partial charge >= 0.3 is 5.97 Å². The highest BCUT2D eigenvalue weighted by atomic mass is 35.5. The number of halogens is 6. The van der Waals surface area contributed by atoms with Crippen LogP contribution in [-0.4, -0.2) is 18.1 Å². The summed E-state index contributed by atoms with van der Waals surface area (Å²) in [4.78, 5) is 11.6. The maximum absolute atomic E-state index is 14.3. The predicted molar refractivity (Wildman–Crippen MR) is 118 cm³/mol. The van der Waals surface area contributed by atoms with Crippen molar-refractivity contribution in [3.05, 3.63) is 58.4 Å². The van der Waals surface area contributed by atoms with E-state index in [1.54, 1.807) is 38.1 Å². The molecule has 0 spiro atoms. The molecule has 2 atom stereocenters. The van der Waals surface area contributed by atoms with Gasteiger partial charge in [0.05, 0.1) is 11.0 Å². The zero-order valence-corrected chi connectivity index (χ0v) is 20.3. The third kappa shape index (κ3) is 6.82. The minimum Gasteiger partial charge on any atom is -0.462 e. The van der Waals surface area contributed by atoms with Gasteiger partial charge in [-0.25, -0.2) is 22.0 Å². The Bertz CT molecular complexity index is 997. The van der Waals surface area contributed by atoms with E-state index in [1.165, 1.54) is 6.92 Å². The Balaban J connectivity index is 2.46. The van der Waals surface area contributed by atoms with Crippen LogP contribution in [0.5, 0.6) is 0 Å². The lowest BCUT2D eigenvalue weighted by atomic mass is 10.3. The molecule has 31 heavy (non-hydrogen) atoms. The lowest BCUT2D eigenvalue weighted by Gasteiger charge is -2.26. The molecule has 0 saturated heterocycles. The van der Waals surface area contributed by atoms with Gasteiger partial charge in [0.25, 0.3) is 0 Å². The summed E-state index contributed by atoms with van der Waals surface area (Å²) >= 11 is 12.6. The molecule has 2 aromatic rings. The number of nitrogens with one attached hydrogen (secondary N) is 1. The third-order valence-corrected chi connectivity index (χ3v) is 12.2. The Morgan fingerprint density at radius 2 is 1.45 bits per heavy atom. The van der Waals surface area contributed by atoms with Gasteiger partial charge in [0.1, 0.15) is 10.6 Å². The zero-order valence-electron chi connectivity index (χ0n) is 16.2. The van der Waals surface area contributed by atoms with Crippen molar-refractivity contribution in [2.24, 2.45) is 0 Å². The van der Waals surface area contributed by atoms with Gasteiger partial charge in [-0.15, -0.1) is 0 Å². The molecular weight excluding hydrogens is 520 g/mol.